The molecule has 1 fully saturated rings. The Labute approximate surface area is 105 Å². The van der Waals surface area contributed by atoms with Gasteiger partial charge in [0.05, 0.1) is 4.92 Å². The third kappa shape index (κ3) is 2.67. The molecule has 1 saturated carbocycles. The maximum Gasteiger partial charge on any atom is 0.311 e. The van der Waals surface area contributed by atoms with Gasteiger partial charge in [0.25, 0.3) is 0 Å². The van der Waals surface area contributed by atoms with Gasteiger partial charge in [-0.25, -0.2) is 10.8 Å². The van der Waals surface area contributed by atoms with E-state index in [9.17, 15) is 10.1 Å². The summed E-state index contributed by atoms with van der Waals surface area (Å²) in [7, 11) is 0. The second-order valence-corrected chi connectivity index (χ2v) is 4.73. The van der Waals surface area contributed by atoms with Gasteiger partial charge in [-0.15, -0.1) is 0 Å². The van der Waals surface area contributed by atoms with Crippen LogP contribution in [0.5, 0.6) is 0 Å². The van der Waals surface area contributed by atoms with E-state index in [0.717, 1.165) is 19.3 Å². The molecule has 1 aliphatic rings. The quantitative estimate of drug-likeness (QED) is 0.428. The number of aromatic nitrogens is 1. The fourth-order valence-corrected chi connectivity index (χ4v) is 2.32. The number of anilines is 2. The number of nitrogens with one attached hydrogen (secondary N) is 2. The van der Waals surface area contributed by atoms with Crippen LogP contribution in [-0.4, -0.2) is 15.9 Å². The van der Waals surface area contributed by atoms with E-state index in [2.05, 4.69) is 22.7 Å². The largest absolute Gasteiger partial charge is 0.362 e. The summed E-state index contributed by atoms with van der Waals surface area (Å²) in [5, 5.41) is 14.1. The second-order valence-electron chi connectivity index (χ2n) is 4.73. The second kappa shape index (κ2) is 5.18. The van der Waals surface area contributed by atoms with Crippen molar-refractivity contribution in [2.45, 2.75) is 32.2 Å². The lowest BCUT2D eigenvalue weighted by Crippen LogP contribution is -2.18. The molecule has 1 heterocycles. The van der Waals surface area contributed by atoms with Gasteiger partial charge in [-0.3, -0.25) is 10.1 Å². The Morgan fingerprint density at radius 1 is 1.50 bits per heavy atom. The topological polar surface area (TPSA) is 106 Å². The Hall–Kier alpha value is -1.89. The zero-order valence-electron chi connectivity index (χ0n) is 10.2. The molecule has 0 spiro atoms. The van der Waals surface area contributed by atoms with Crippen molar-refractivity contribution in [2.75, 3.05) is 10.7 Å². The minimum atomic E-state index is -0.436. The summed E-state index contributed by atoms with van der Waals surface area (Å²) in [6, 6.07) is 3.14. The highest BCUT2D eigenvalue weighted by molar-refractivity contribution is 5.60. The summed E-state index contributed by atoms with van der Waals surface area (Å²) in [5.74, 6) is 6.61. The van der Waals surface area contributed by atoms with E-state index in [4.69, 9.17) is 5.84 Å². The first-order valence-electron chi connectivity index (χ1n) is 5.98. The predicted octanol–water partition coefficient (Wildman–Crippen LogP) is 1.88. The number of nitrogens with zero attached hydrogens (tertiary/aromatic N) is 2. The summed E-state index contributed by atoms with van der Waals surface area (Å²) in [6.45, 7) is 2.18. The first-order chi connectivity index (χ1) is 8.60. The number of nitro groups is 1. The van der Waals surface area contributed by atoms with Crippen molar-refractivity contribution >= 4 is 17.3 Å². The average molecular weight is 251 g/mol. The van der Waals surface area contributed by atoms with Gasteiger partial charge in [-0.05, 0) is 31.2 Å². The molecule has 4 N–H and O–H groups in total. The van der Waals surface area contributed by atoms with Gasteiger partial charge in [0.2, 0.25) is 5.82 Å². The van der Waals surface area contributed by atoms with Gasteiger partial charge >= 0.3 is 5.69 Å². The van der Waals surface area contributed by atoms with Crippen molar-refractivity contribution in [2.24, 2.45) is 11.8 Å². The lowest BCUT2D eigenvalue weighted by molar-refractivity contribution is -0.384. The van der Waals surface area contributed by atoms with E-state index in [-0.39, 0.29) is 17.5 Å². The molecule has 0 aromatic carbocycles. The van der Waals surface area contributed by atoms with Crippen LogP contribution in [0, 0.1) is 16.0 Å². The molecule has 2 rings (SSSR count). The van der Waals surface area contributed by atoms with E-state index in [1.54, 1.807) is 0 Å². The number of hydrogen-bond acceptors (Lipinski definition) is 6. The lowest BCUT2D eigenvalue weighted by atomic mass is 10.1. The monoisotopic (exact) mass is 251 g/mol. The zero-order chi connectivity index (χ0) is 13.1. The molecule has 98 valence electrons. The van der Waals surface area contributed by atoms with Crippen molar-refractivity contribution in [3.05, 3.63) is 22.2 Å². The number of hydrazine groups is 1. The van der Waals surface area contributed by atoms with Crippen LogP contribution in [0.1, 0.15) is 26.2 Å². The van der Waals surface area contributed by atoms with Gasteiger partial charge in [0.15, 0.2) is 0 Å². The van der Waals surface area contributed by atoms with Crippen LogP contribution in [0.15, 0.2) is 12.1 Å². The minimum Gasteiger partial charge on any atom is -0.362 e. The Morgan fingerprint density at radius 3 is 2.83 bits per heavy atom. The molecule has 0 amide bonds. The van der Waals surface area contributed by atoms with Crippen LogP contribution in [0.25, 0.3) is 0 Å². The average Bonchev–Trinajstić information content (AvgIpc) is 2.74. The summed E-state index contributed by atoms with van der Waals surface area (Å²) < 4.78 is 0. The Balaban J connectivity index is 2.21. The van der Waals surface area contributed by atoms with Crippen molar-refractivity contribution in [1.82, 2.24) is 4.98 Å². The molecule has 2 unspecified atom stereocenters. The molecular weight excluding hydrogens is 234 g/mol. The summed E-state index contributed by atoms with van der Waals surface area (Å²) >= 11 is 0. The summed E-state index contributed by atoms with van der Waals surface area (Å²) in [6.07, 6.45) is 3.17. The van der Waals surface area contributed by atoms with E-state index < -0.39 is 4.92 Å². The molecule has 0 saturated heterocycles. The number of nitrogen functional groups attached to an aromatic ring is 1. The van der Waals surface area contributed by atoms with Gasteiger partial charge in [-0.1, -0.05) is 6.92 Å². The molecule has 0 radical (unpaired) electrons. The standard InChI is InChI=1S/C11H17N5O2/c1-7-2-3-8(6-7)13-11-9(16(17)18)4-5-10(14-11)15-12/h4-5,7-8H,2-3,6,12H2,1H3,(H2,13,14,15). The van der Waals surface area contributed by atoms with Crippen LogP contribution < -0.4 is 16.6 Å². The number of nitrogens with two attached hydrogens (primary N) is 1. The highest BCUT2D eigenvalue weighted by atomic mass is 16.6. The van der Waals surface area contributed by atoms with Crippen molar-refractivity contribution < 1.29 is 4.92 Å². The molecule has 7 heteroatoms. The predicted molar refractivity (Wildman–Crippen MR) is 69.1 cm³/mol. The van der Waals surface area contributed by atoms with E-state index in [0.29, 0.717) is 11.7 Å². The van der Waals surface area contributed by atoms with E-state index in [1.807, 2.05) is 0 Å². The Kier molecular flexibility index (Phi) is 3.61. The van der Waals surface area contributed by atoms with E-state index >= 15 is 0 Å². The Morgan fingerprint density at radius 2 is 2.28 bits per heavy atom. The third-order valence-corrected chi connectivity index (χ3v) is 3.25. The van der Waals surface area contributed by atoms with Gasteiger partial charge in [0, 0.05) is 12.1 Å². The number of rotatable bonds is 4. The molecule has 7 nitrogen and oxygen atoms in total. The maximum atomic E-state index is 10.9. The molecule has 1 aromatic rings. The van der Waals surface area contributed by atoms with Crippen LogP contribution in [0.4, 0.5) is 17.3 Å². The third-order valence-electron chi connectivity index (χ3n) is 3.25. The van der Waals surface area contributed by atoms with Crippen molar-refractivity contribution in [1.29, 1.82) is 0 Å². The summed E-state index contributed by atoms with van der Waals surface area (Å²) in [4.78, 5) is 14.6. The molecule has 1 aliphatic carbocycles. The number of pyridine rings is 1. The number of hydrogen-bond donors (Lipinski definition) is 3. The van der Waals surface area contributed by atoms with E-state index in [1.165, 1.54) is 12.1 Å². The molecule has 0 aliphatic heterocycles. The summed E-state index contributed by atoms with van der Waals surface area (Å²) in [5.41, 5.74) is 2.37. The van der Waals surface area contributed by atoms with Crippen LogP contribution in [-0.2, 0) is 0 Å². The fourth-order valence-electron chi connectivity index (χ4n) is 2.32. The van der Waals surface area contributed by atoms with Gasteiger partial charge in [0.1, 0.15) is 5.82 Å². The molecule has 18 heavy (non-hydrogen) atoms. The molecule has 0 bridgehead atoms. The zero-order valence-corrected chi connectivity index (χ0v) is 10.2. The van der Waals surface area contributed by atoms with Gasteiger partial charge in [-0.2, -0.15) is 0 Å². The molecule has 2 atom stereocenters. The smallest absolute Gasteiger partial charge is 0.311 e. The molecular formula is C11H17N5O2. The lowest BCUT2D eigenvalue weighted by Gasteiger charge is -2.13. The molecule has 1 aromatic heterocycles. The normalized spacial score (nSPS) is 22.8. The first-order valence-corrected chi connectivity index (χ1v) is 5.98. The minimum absolute atomic E-state index is 0.0199. The van der Waals surface area contributed by atoms with Crippen LogP contribution >= 0.6 is 0 Å². The Bertz CT molecular complexity index is 451. The highest BCUT2D eigenvalue weighted by Crippen LogP contribution is 2.30. The SMILES string of the molecule is CC1CCC(Nc2nc(NN)ccc2[N+](=O)[O-])C1. The fraction of sp³-hybridized carbons (Fsp3) is 0.545. The van der Waals surface area contributed by atoms with Crippen LogP contribution in [0.3, 0.4) is 0 Å². The highest BCUT2D eigenvalue weighted by Gasteiger charge is 2.24. The van der Waals surface area contributed by atoms with Crippen molar-refractivity contribution in [3.63, 3.8) is 0 Å². The first kappa shape index (κ1) is 12.6. The van der Waals surface area contributed by atoms with Crippen LogP contribution in [0.2, 0.25) is 0 Å². The van der Waals surface area contributed by atoms with Crippen molar-refractivity contribution in [3.8, 4) is 0 Å². The van der Waals surface area contributed by atoms with Gasteiger partial charge < -0.3 is 10.7 Å². The maximum absolute atomic E-state index is 10.9.